The Morgan fingerprint density at radius 2 is 2.25 bits per heavy atom. The smallest absolute Gasteiger partial charge is 0.134 e. The number of benzene rings is 1. The summed E-state index contributed by atoms with van der Waals surface area (Å²) in [5.41, 5.74) is 1.69. The molecule has 0 radical (unpaired) electrons. The fourth-order valence-corrected chi connectivity index (χ4v) is 2.38. The highest BCUT2D eigenvalue weighted by atomic mass is 19.1. The normalized spacial score (nSPS) is 12.9. The largest absolute Gasteiger partial charge is 0.459 e. The number of nitrogens with zero attached hydrogens (tertiary/aromatic N) is 2. The van der Waals surface area contributed by atoms with Crippen LogP contribution in [0.5, 0.6) is 0 Å². The van der Waals surface area contributed by atoms with Gasteiger partial charge in [-0.3, -0.25) is 0 Å². The van der Waals surface area contributed by atoms with Crippen LogP contribution in [0.1, 0.15) is 24.4 Å². The number of hydrogen-bond acceptors (Lipinski definition) is 3. The second-order valence-corrected chi connectivity index (χ2v) is 4.75. The van der Waals surface area contributed by atoms with Crippen LogP contribution < -0.4 is 5.32 Å². The van der Waals surface area contributed by atoms with Crippen molar-refractivity contribution in [3.8, 4) is 0 Å². The second-order valence-electron chi connectivity index (χ2n) is 4.75. The lowest BCUT2D eigenvalue weighted by atomic mass is 10.1. The van der Waals surface area contributed by atoms with Gasteiger partial charge in [0.15, 0.2) is 0 Å². The quantitative estimate of drug-likeness (QED) is 0.794. The standard InChI is InChI=1S/C15H16FN3O/c1-3-18-15(12-8-17-9-19(12)2)14-7-10-6-11(16)4-5-13(10)20-14/h4-9,15,18H,3H2,1-2H3. The first-order chi connectivity index (χ1) is 9.69. The Hall–Kier alpha value is -2.14. The molecule has 0 saturated heterocycles. The summed E-state index contributed by atoms with van der Waals surface area (Å²) in [6.45, 7) is 2.83. The lowest BCUT2D eigenvalue weighted by molar-refractivity contribution is 0.464. The van der Waals surface area contributed by atoms with E-state index in [2.05, 4.69) is 10.3 Å². The minimum absolute atomic E-state index is 0.0945. The molecule has 4 nitrogen and oxygen atoms in total. The van der Waals surface area contributed by atoms with Crippen molar-refractivity contribution in [3.63, 3.8) is 0 Å². The third kappa shape index (κ3) is 2.20. The molecule has 0 aliphatic rings. The summed E-state index contributed by atoms with van der Waals surface area (Å²) in [6.07, 6.45) is 3.56. The first-order valence-electron chi connectivity index (χ1n) is 6.57. The predicted octanol–water partition coefficient (Wildman–Crippen LogP) is 3.00. The third-order valence-electron chi connectivity index (χ3n) is 3.34. The van der Waals surface area contributed by atoms with E-state index in [1.165, 1.54) is 12.1 Å². The van der Waals surface area contributed by atoms with Gasteiger partial charge in [-0.2, -0.15) is 0 Å². The van der Waals surface area contributed by atoms with Crippen molar-refractivity contribution in [2.45, 2.75) is 13.0 Å². The van der Waals surface area contributed by atoms with Gasteiger partial charge < -0.3 is 14.3 Å². The number of aromatic nitrogens is 2. The average Bonchev–Trinajstić information content (AvgIpc) is 3.01. The first-order valence-corrected chi connectivity index (χ1v) is 6.57. The molecular weight excluding hydrogens is 257 g/mol. The van der Waals surface area contributed by atoms with Crippen LogP contribution >= 0.6 is 0 Å². The van der Waals surface area contributed by atoms with Crippen molar-refractivity contribution in [3.05, 3.63) is 54.1 Å². The Balaban J connectivity index is 2.07. The SMILES string of the molecule is CCNC(c1cc2cc(F)ccc2o1)c1cncn1C. The molecule has 1 atom stereocenters. The van der Waals surface area contributed by atoms with Gasteiger partial charge >= 0.3 is 0 Å². The van der Waals surface area contributed by atoms with Gasteiger partial charge in [-0.15, -0.1) is 0 Å². The summed E-state index contributed by atoms with van der Waals surface area (Å²) in [6, 6.07) is 6.32. The number of halogens is 1. The van der Waals surface area contributed by atoms with Gasteiger partial charge in [0.25, 0.3) is 0 Å². The van der Waals surface area contributed by atoms with E-state index >= 15 is 0 Å². The van der Waals surface area contributed by atoms with E-state index in [0.717, 1.165) is 23.4 Å². The van der Waals surface area contributed by atoms with Gasteiger partial charge in [-0.05, 0) is 30.8 Å². The number of fused-ring (bicyclic) bond motifs is 1. The van der Waals surface area contributed by atoms with Crippen LogP contribution in [0, 0.1) is 5.82 Å². The third-order valence-corrected chi connectivity index (χ3v) is 3.34. The molecule has 0 spiro atoms. The molecule has 0 amide bonds. The minimum Gasteiger partial charge on any atom is -0.459 e. The highest BCUT2D eigenvalue weighted by molar-refractivity contribution is 5.78. The summed E-state index contributed by atoms with van der Waals surface area (Å²) in [4.78, 5) is 4.14. The van der Waals surface area contributed by atoms with E-state index in [0.29, 0.717) is 5.58 Å². The number of hydrogen-bond donors (Lipinski definition) is 1. The molecule has 0 bridgehead atoms. The van der Waals surface area contributed by atoms with E-state index in [4.69, 9.17) is 4.42 Å². The summed E-state index contributed by atoms with van der Waals surface area (Å²) in [7, 11) is 1.94. The van der Waals surface area contributed by atoms with Gasteiger partial charge in [0.2, 0.25) is 0 Å². The Morgan fingerprint density at radius 1 is 1.40 bits per heavy atom. The van der Waals surface area contributed by atoms with Crippen LogP contribution in [-0.2, 0) is 7.05 Å². The van der Waals surface area contributed by atoms with Gasteiger partial charge in [0.05, 0.1) is 18.2 Å². The van der Waals surface area contributed by atoms with E-state index in [-0.39, 0.29) is 11.9 Å². The summed E-state index contributed by atoms with van der Waals surface area (Å²) < 4.78 is 21.1. The maximum absolute atomic E-state index is 13.3. The van der Waals surface area contributed by atoms with Gasteiger partial charge in [-0.25, -0.2) is 9.37 Å². The average molecular weight is 273 g/mol. The highest BCUT2D eigenvalue weighted by Crippen LogP contribution is 2.28. The van der Waals surface area contributed by atoms with Gasteiger partial charge in [0, 0.05) is 12.4 Å². The first kappa shape index (κ1) is 12.9. The molecule has 5 heteroatoms. The van der Waals surface area contributed by atoms with Crippen LogP contribution in [0.2, 0.25) is 0 Å². The molecule has 3 aromatic rings. The molecule has 2 aromatic heterocycles. The molecule has 104 valence electrons. The molecule has 0 fully saturated rings. The zero-order chi connectivity index (χ0) is 14.1. The Labute approximate surface area is 116 Å². The number of furan rings is 1. The van der Waals surface area contributed by atoms with Crippen LogP contribution in [0.4, 0.5) is 4.39 Å². The van der Waals surface area contributed by atoms with E-state index in [1.807, 2.05) is 24.6 Å². The molecule has 0 aliphatic heterocycles. The molecule has 0 aliphatic carbocycles. The number of imidazole rings is 1. The number of aryl methyl sites for hydroxylation is 1. The van der Waals surface area contributed by atoms with Gasteiger partial charge in [0.1, 0.15) is 23.2 Å². The summed E-state index contributed by atoms with van der Waals surface area (Å²) in [5, 5.41) is 4.14. The molecule has 1 N–H and O–H groups in total. The van der Waals surface area contributed by atoms with Crippen molar-refractivity contribution >= 4 is 11.0 Å². The zero-order valence-corrected chi connectivity index (χ0v) is 11.4. The van der Waals surface area contributed by atoms with Crippen LogP contribution in [0.15, 0.2) is 41.2 Å². The van der Waals surface area contributed by atoms with E-state index < -0.39 is 0 Å². The second kappa shape index (κ2) is 5.09. The van der Waals surface area contributed by atoms with Crippen molar-refractivity contribution in [1.82, 2.24) is 14.9 Å². The van der Waals surface area contributed by atoms with Crippen molar-refractivity contribution in [2.75, 3.05) is 6.54 Å². The molecule has 0 saturated carbocycles. The topological polar surface area (TPSA) is 43.0 Å². The Kier molecular flexibility index (Phi) is 3.28. The maximum Gasteiger partial charge on any atom is 0.134 e. The fraction of sp³-hybridized carbons (Fsp3) is 0.267. The van der Waals surface area contributed by atoms with Crippen molar-refractivity contribution in [1.29, 1.82) is 0 Å². The number of nitrogens with one attached hydrogen (secondary N) is 1. The molecule has 1 unspecified atom stereocenters. The predicted molar refractivity (Wildman–Crippen MR) is 74.9 cm³/mol. The maximum atomic E-state index is 13.3. The highest BCUT2D eigenvalue weighted by Gasteiger charge is 2.20. The van der Waals surface area contributed by atoms with Crippen LogP contribution in [0.25, 0.3) is 11.0 Å². The van der Waals surface area contributed by atoms with Crippen LogP contribution in [0.3, 0.4) is 0 Å². The summed E-state index contributed by atoms with van der Waals surface area (Å²) >= 11 is 0. The van der Waals surface area contributed by atoms with Gasteiger partial charge in [-0.1, -0.05) is 6.92 Å². The summed E-state index contributed by atoms with van der Waals surface area (Å²) in [5.74, 6) is 0.501. The molecule has 1 aromatic carbocycles. The molecular formula is C15H16FN3O. The lowest BCUT2D eigenvalue weighted by Gasteiger charge is -2.15. The monoisotopic (exact) mass is 273 g/mol. The zero-order valence-electron chi connectivity index (χ0n) is 11.4. The molecule has 20 heavy (non-hydrogen) atoms. The van der Waals surface area contributed by atoms with Crippen molar-refractivity contribution in [2.24, 2.45) is 7.05 Å². The molecule has 2 heterocycles. The number of rotatable bonds is 4. The van der Waals surface area contributed by atoms with E-state index in [1.54, 1.807) is 18.6 Å². The fourth-order valence-electron chi connectivity index (χ4n) is 2.38. The van der Waals surface area contributed by atoms with E-state index in [9.17, 15) is 4.39 Å². The van der Waals surface area contributed by atoms with Crippen LogP contribution in [-0.4, -0.2) is 16.1 Å². The minimum atomic E-state index is -0.259. The Morgan fingerprint density at radius 3 is 2.95 bits per heavy atom. The molecule has 3 rings (SSSR count). The Bertz CT molecular complexity index is 732. The van der Waals surface area contributed by atoms with Crippen molar-refractivity contribution < 1.29 is 8.81 Å². The lowest BCUT2D eigenvalue weighted by Crippen LogP contribution is -2.23.